The molecule has 0 radical (unpaired) electrons. The molecular weight excluding hydrogens is 342 g/mol. The summed E-state index contributed by atoms with van der Waals surface area (Å²) >= 11 is 0. The van der Waals surface area contributed by atoms with Gasteiger partial charge in [-0.25, -0.2) is 5.01 Å². The molecule has 2 aromatic rings. The standard InChI is InChI=1S/C21H23N3O3/c1-27-17-11-9-16(10-12-17)19-21(26)24(14-15-6-3-2-4-7-15)22-20(25)18-8-5-13-23(18)19/h2-4,6-7,9-12,18-19H,5,8,13-14H2,1H3,(H,22,25)/t18-,19+/m0/s1. The summed E-state index contributed by atoms with van der Waals surface area (Å²) in [6.45, 7) is 1.08. The van der Waals surface area contributed by atoms with E-state index in [0.717, 1.165) is 36.3 Å². The normalized spacial score (nSPS) is 22.9. The van der Waals surface area contributed by atoms with Crippen molar-refractivity contribution >= 4 is 11.8 Å². The van der Waals surface area contributed by atoms with Gasteiger partial charge >= 0.3 is 0 Å². The van der Waals surface area contributed by atoms with Crippen LogP contribution in [0.2, 0.25) is 0 Å². The number of hydrazine groups is 1. The smallest absolute Gasteiger partial charge is 0.263 e. The molecule has 0 bridgehead atoms. The van der Waals surface area contributed by atoms with Crippen LogP contribution in [0.5, 0.6) is 5.75 Å². The fraction of sp³-hybridized carbons (Fsp3) is 0.333. The van der Waals surface area contributed by atoms with E-state index < -0.39 is 6.04 Å². The Morgan fingerprint density at radius 1 is 1.07 bits per heavy atom. The second-order valence-electron chi connectivity index (χ2n) is 6.96. The Hall–Kier alpha value is -2.86. The molecule has 2 amide bonds. The molecule has 0 unspecified atom stereocenters. The maximum atomic E-state index is 13.4. The van der Waals surface area contributed by atoms with Gasteiger partial charge in [0.25, 0.3) is 11.8 Å². The maximum absolute atomic E-state index is 13.4. The molecule has 140 valence electrons. The Balaban J connectivity index is 1.69. The van der Waals surface area contributed by atoms with Gasteiger partial charge in [0.2, 0.25) is 0 Å². The van der Waals surface area contributed by atoms with Crippen LogP contribution in [-0.4, -0.2) is 41.4 Å². The third-order valence-electron chi connectivity index (χ3n) is 5.29. The van der Waals surface area contributed by atoms with Crippen molar-refractivity contribution < 1.29 is 14.3 Å². The molecule has 1 N–H and O–H groups in total. The number of hydrogen-bond acceptors (Lipinski definition) is 4. The minimum Gasteiger partial charge on any atom is -0.497 e. The lowest BCUT2D eigenvalue weighted by Gasteiger charge is -2.29. The van der Waals surface area contributed by atoms with E-state index in [0.29, 0.717) is 6.54 Å². The van der Waals surface area contributed by atoms with E-state index in [4.69, 9.17) is 4.74 Å². The number of hydrogen-bond donors (Lipinski definition) is 1. The van der Waals surface area contributed by atoms with E-state index in [9.17, 15) is 9.59 Å². The monoisotopic (exact) mass is 365 g/mol. The number of benzene rings is 2. The molecule has 4 rings (SSSR count). The van der Waals surface area contributed by atoms with Gasteiger partial charge < -0.3 is 4.74 Å². The molecule has 6 nitrogen and oxygen atoms in total. The first-order chi connectivity index (χ1) is 13.2. The molecule has 2 fully saturated rings. The summed E-state index contributed by atoms with van der Waals surface area (Å²) in [5, 5.41) is 1.46. The van der Waals surface area contributed by atoms with Crippen molar-refractivity contribution in [2.45, 2.75) is 31.5 Å². The lowest BCUT2D eigenvalue weighted by Crippen LogP contribution is -2.46. The summed E-state index contributed by atoms with van der Waals surface area (Å²) in [6, 6.07) is 16.5. The molecule has 0 aromatic heterocycles. The van der Waals surface area contributed by atoms with E-state index in [2.05, 4.69) is 5.43 Å². The molecule has 2 aliphatic rings. The molecule has 2 aliphatic heterocycles. The Kier molecular flexibility index (Phi) is 4.81. The Labute approximate surface area is 158 Å². The molecule has 2 atom stereocenters. The summed E-state index contributed by atoms with van der Waals surface area (Å²) in [7, 11) is 1.62. The highest BCUT2D eigenvalue weighted by molar-refractivity contribution is 5.91. The van der Waals surface area contributed by atoms with Crippen molar-refractivity contribution in [2.24, 2.45) is 0 Å². The minimum absolute atomic E-state index is 0.104. The van der Waals surface area contributed by atoms with Crippen molar-refractivity contribution in [3.8, 4) is 5.75 Å². The SMILES string of the molecule is COc1ccc([C@@H]2C(=O)N(Cc3ccccc3)NC(=O)[C@@H]3CCCN32)cc1. The van der Waals surface area contributed by atoms with Crippen LogP contribution in [0.4, 0.5) is 0 Å². The number of ether oxygens (including phenoxy) is 1. The highest BCUT2D eigenvalue weighted by Crippen LogP contribution is 2.34. The molecule has 6 heteroatoms. The highest BCUT2D eigenvalue weighted by atomic mass is 16.5. The van der Waals surface area contributed by atoms with Crippen molar-refractivity contribution in [3.05, 3.63) is 65.7 Å². The molecule has 2 aromatic carbocycles. The van der Waals surface area contributed by atoms with Crippen LogP contribution in [-0.2, 0) is 16.1 Å². The van der Waals surface area contributed by atoms with Crippen LogP contribution in [0.1, 0.15) is 30.0 Å². The van der Waals surface area contributed by atoms with Crippen LogP contribution in [0, 0.1) is 0 Å². The largest absolute Gasteiger partial charge is 0.497 e. The summed E-state index contributed by atoms with van der Waals surface area (Å²) in [4.78, 5) is 28.2. The first kappa shape index (κ1) is 17.5. The van der Waals surface area contributed by atoms with Gasteiger partial charge in [0.15, 0.2) is 0 Å². The average Bonchev–Trinajstić information content (AvgIpc) is 3.15. The van der Waals surface area contributed by atoms with Gasteiger partial charge in [0.05, 0.1) is 19.7 Å². The zero-order valence-electron chi connectivity index (χ0n) is 15.3. The van der Waals surface area contributed by atoms with Crippen LogP contribution in [0.15, 0.2) is 54.6 Å². The molecule has 0 aliphatic carbocycles. The Bertz CT molecular complexity index is 822. The third-order valence-corrected chi connectivity index (χ3v) is 5.29. The zero-order chi connectivity index (χ0) is 18.8. The summed E-state index contributed by atoms with van der Waals surface area (Å²) in [6.07, 6.45) is 1.68. The van der Waals surface area contributed by atoms with Gasteiger partial charge in [-0.3, -0.25) is 19.9 Å². The van der Waals surface area contributed by atoms with Crippen molar-refractivity contribution in [1.29, 1.82) is 0 Å². The fourth-order valence-electron chi connectivity index (χ4n) is 3.94. The van der Waals surface area contributed by atoms with E-state index in [1.54, 1.807) is 7.11 Å². The number of rotatable bonds is 4. The second kappa shape index (κ2) is 7.40. The van der Waals surface area contributed by atoms with E-state index in [1.165, 1.54) is 5.01 Å². The second-order valence-corrected chi connectivity index (χ2v) is 6.96. The van der Waals surface area contributed by atoms with Gasteiger partial charge in [-0.15, -0.1) is 0 Å². The Morgan fingerprint density at radius 2 is 1.81 bits per heavy atom. The lowest BCUT2D eigenvalue weighted by molar-refractivity contribution is -0.142. The maximum Gasteiger partial charge on any atom is 0.263 e. The number of carbonyl (C=O) groups excluding carboxylic acids is 2. The van der Waals surface area contributed by atoms with Gasteiger partial charge in [-0.1, -0.05) is 42.5 Å². The molecular formula is C21H23N3O3. The predicted molar refractivity (Wildman–Crippen MR) is 101 cm³/mol. The number of nitrogens with zero attached hydrogens (tertiary/aromatic N) is 2. The quantitative estimate of drug-likeness (QED) is 0.903. The number of fused-ring (bicyclic) bond motifs is 1. The Morgan fingerprint density at radius 3 is 2.52 bits per heavy atom. The first-order valence-electron chi connectivity index (χ1n) is 9.23. The van der Waals surface area contributed by atoms with Gasteiger partial charge in [-0.2, -0.15) is 0 Å². The molecule has 0 saturated carbocycles. The summed E-state index contributed by atoms with van der Waals surface area (Å²) < 4.78 is 5.24. The van der Waals surface area contributed by atoms with Gasteiger partial charge in [0, 0.05) is 6.54 Å². The van der Waals surface area contributed by atoms with Crippen LogP contribution in [0.25, 0.3) is 0 Å². The van der Waals surface area contributed by atoms with Crippen LogP contribution in [0.3, 0.4) is 0 Å². The number of amides is 2. The van der Waals surface area contributed by atoms with E-state index in [1.807, 2.05) is 59.5 Å². The average molecular weight is 365 g/mol. The first-order valence-corrected chi connectivity index (χ1v) is 9.23. The molecule has 0 spiro atoms. The topological polar surface area (TPSA) is 61.9 Å². The minimum atomic E-state index is -0.480. The van der Waals surface area contributed by atoms with Crippen LogP contribution < -0.4 is 10.2 Å². The van der Waals surface area contributed by atoms with Gasteiger partial charge in [-0.05, 0) is 36.1 Å². The van der Waals surface area contributed by atoms with Gasteiger partial charge in [0.1, 0.15) is 11.8 Å². The van der Waals surface area contributed by atoms with E-state index >= 15 is 0 Å². The number of nitrogens with one attached hydrogen (secondary N) is 1. The van der Waals surface area contributed by atoms with E-state index in [-0.39, 0.29) is 17.9 Å². The molecule has 2 saturated heterocycles. The lowest BCUT2D eigenvalue weighted by atomic mass is 10.0. The molecule has 2 heterocycles. The number of carbonyl (C=O) groups is 2. The summed E-state index contributed by atoms with van der Waals surface area (Å²) in [5.41, 5.74) is 4.70. The van der Waals surface area contributed by atoms with Crippen molar-refractivity contribution in [1.82, 2.24) is 15.3 Å². The fourth-order valence-corrected chi connectivity index (χ4v) is 3.94. The highest BCUT2D eigenvalue weighted by Gasteiger charge is 2.44. The third kappa shape index (κ3) is 3.40. The summed E-state index contributed by atoms with van der Waals surface area (Å²) in [5.74, 6) is 0.530. The van der Waals surface area contributed by atoms with Crippen molar-refractivity contribution in [2.75, 3.05) is 13.7 Å². The number of methoxy groups -OCH3 is 1. The zero-order valence-corrected chi connectivity index (χ0v) is 15.3. The van der Waals surface area contributed by atoms with Crippen molar-refractivity contribution in [3.63, 3.8) is 0 Å². The molecule has 27 heavy (non-hydrogen) atoms. The van der Waals surface area contributed by atoms with Crippen LogP contribution >= 0.6 is 0 Å². The predicted octanol–water partition coefficient (Wildman–Crippen LogP) is 2.27.